The molecule has 0 aliphatic carbocycles. The van der Waals surface area contributed by atoms with E-state index in [1.807, 2.05) is 35.4 Å². The van der Waals surface area contributed by atoms with Crippen LogP contribution in [0.4, 0.5) is 4.79 Å². The molecule has 6 nitrogen and oxygen atoms in total. The maximum Gasteiger partial charge on any atom is 0.407 e. The molecular weight excluding hydrogens is 330 g/mol. The number of aromatic amines is 1. The Morgan fingerprint density at radius 3 is 2.77 bits per heavy atom. The third-order valence-electron chi connectivity index (χ3n) is 5.06. The highest BCUT2D eigenvalue weighted by Gasteiger charge is 2.29. The second-order valence-electron chi connectivity index (χ2n) is 6.99. The van der Waals surface area contributed by atoms with Crippen LogP contribution in [0, 0.1) is 5.92 Å². The minimum Gasteiger partial charge on any atom is -0.450 e. The number of para-hydroxylation sites is 1. The first-order valence-electron chi connectivity index (χ1n) is 9.35. The monoisotopic (exact) mass is 357 g/mol. The quantitative estimate of drug-likeness (QED) is 0.863. The fraction of sp³-hybridized carbons (Fsp3) is 0.500. The Morgan fingerprint density at radius 1 is 1.31 bits per heavy atom. The molecule has 6 heteroatoms. The van der Waals surface area contributed by atoms with Crippen molar-refractivity contribution in [3.8, 4) is 0 Å². The van der Waals surface area contributed by atoms with Gasteiger partial charge in [0.05, 0.1) is 6.61 Å². The summed E-state index contributed by atoms with van der Waals surface area (Å²) >= 11 is 0. The third-order valence-corrected chi connectivity index (χ3v) is 5.06. The molecule has 1 aromatic carbocycles. The molecule has 1 saturated heterocycles. The van der Waals surface area contributed by atoms with Crippen LogP contribution in [0.3, 0.4) is 0 Å². The van der Waals surface area contributed by atoms with Gasteiger partial charge in [0.1, 0.15) is 6.04 Å². The van der Waals surface area contributed by atoms with Gasteiger partial charge in [-0.1, -0.05) is 25.1 Å². The Kier molecular flexibility index (Phi) is 5.81. The van der Waals surface area contributed by atoms with Gasteiger partial charge in [0.15, 0.2) is 0 Å². The van der Waals surface area contributed by atoms with Crippen molar-refractivity contribution in [2.24, 2.45) is 5.92 Å². The standard InChI is InChI=1S/C20H27N3O3/c1-3-26-20(25)22-18(19(24)23-10-8-14(2)9-11-23)12-15-13-21-17-7-5-4-6-16(15)17/h4-7,13-14,18,21H,3,8-12H2,1-2H3,(H,22,25)/t18-/m1/s1. The second-order valence-corrected chi connectivity index (χ2v) is 6.99. The van der Waals surface area contributed by atoms with Gasteiger partial charge in [-0.15, -0.1) is 0 Å². The molecule has 0 bridgehead atoms. The summed E-state index contributed by atoms with van der Waals surface area (Å²) < 4.78 is 5.00. The number of nitrogens with one attached hydrogen (secondary N) is 2. The van der Waals surface area contributed by atoms with E-state index in [0.717, 1.165) is 42.4 Å². The van der Waals surface area contributed by atoms with Crippen molar-refractivity contribution in [2.75, 3.05) is 19.7 Å². The summed E-state index contributed by atoms with van der Waals surface area (Å²) in [5.41, 5.74) is 2.04. The van der Waals surface area contributed by atoms with E-state index in [1.54, 1.807) is 6.92 Å². The number of carbonyl (C=O) groups is 2. The van der Waals surface area contributed by atoms with Crippen molar-refractivity contribution in [2.45, 2.75) is 39.2 Å². The Labute approximate surface area is 153 Å². The summed E-state index contributed by atoms with van der Waals surface area (Å²) in [5, 5.41) is 3.84. The number of nitrogens with zero attached hydrogens (tertiary/aromatic N) is 1. The van der Waals surface area contributed by atoms with Gasteiger partial charge >= 0.3 is 6.09 Å². The second kappa shape index (κ2) is 8.25. The van der Waals surface area contributed by atoms with E-state index in [9.17, 15) is 9.59 Å². The molecule has 2 heterocycles. The molecule has 1 atom stereocenters. The van der Waals surface area contributed by atoms with Crippen molar-refractivity contribution >= 4 is 22.9 Å². The summed E-state index contributed by atoms with van der Waals surface area (Å²) in [6.45, 7) is 5.73. The molecule has 0 spiro atoms. The van der Waals surface area contributed by atoms with E-state index in [1.165, 1.54) is 0 Å². The van der Waals surface area contributed by atoms with Crippen LogP contribution in [0.5, 0.6) is 0 Å². The fourth-order valence-electron chi connectivity index (χ4n) is 3.48. The number of ether oxygens (including phenoxy) is 1. The topological polar surface area (TPSA) is 74.4 Å². The lowest BCUT2D eigenvalue weighted by atomic mass is 9.97. The zero-order valence-electron chi connectivity index (χ0n) is 15.5. The minimum atomic E-state index is -0.623. The number of hydrogen-bond acceptors (Lipinski definition) is 3. The maximum atomic E-state index is 13.1. The normalized spacial score (nSPS) is 16.5. The molecule has 2 N–H and O–H groups in total. The maximum absolute atomic E-state index is 13.1. The lowest BCUT2D eigenvalue weighted by Crippen LogP contribution is -2.51. The number of fused-ring (bicyclic) bond motifs is 1. The first-order valence-corrected chi connectivity index (χ1v) is 9.35. The van der Waals surface area contributed by atoms with Gasteiger partial charge in [-0.2, -0.15) is 0 Å². The molecule has 2 amide bonds. The first-order chi connectivity index (χ1) is 12.6. The van der Waals surface area contributed by atoms with Crippen LogP contribution in [0.1, 0.15) is 32.3 Å². The van der Waals surface area contributed by atoms with E-state index >= 15 is 0 Å². The number of rotatable bonds is 5. The molecule has 1 aliphatic heterocycles. The molecule has 0 unspecified atom stereocenters. The molecule has 140 valence electrons. The third kappa shape index (κ3) is 4.18. The highest BCUT2D eigenvalue weighted by atomic mass is 16.5. The van der Waals surface area contributed by atoms with Crippen molar-refractivity contribution in [1.29, 1.82) is 0 Å². The Balaban J connectivity index is 1.78. The van der Waals surface area contributed by atoms with Gasteiger partial charge < -0.3 is 19.9 Å². The van der Waals surface area contributed by atoms with Crippen LogP contribution >= 0.6 is 0 Å². The Morgan fingerprint density at radius 2 is 2.04 bits per heavy atom. The largest absolute Gasteiger partial charge is 0.450 e. The predicted molar refractivity (Wildman–Crippen MR) is 101 cm³/mol. The number of amides is 2. The van der Waals surface area contributed by atoms with Crippen LogP contribution in [0.15, 0.2) is 30.5 Å². The van der Waals surface area contributed by atoms with E-state index in [0.29, 0.717) is 12.3 Å². The van der Waals surface area contributed by atoms with E-state index in [4.69, 9.17) is 4.74 Å². The average molecular weight is 357 g/mol. The molecule has 0 saturated carbocycles. The van der Waals surface area contributed by atoms with E-state index in [-0.39, 0.29) is 12.5 Å². The number of alkyl carbamates (subject to hydrolysis) is 1. The molecule has 1 aliphatic rings. The number of carbonyl (C=O) groups excluding carboxylic acids is 2. The summed E-state index contributed by atoms with van der Waals surface area (Å²) in [6.07, 6.45) is 3.82. The van der Waals surface area contributed by atoms with Gasteiger partial charge in [-0.3, -0.25) is 4.79 Å². The zero-order chi connectivity index (χ0) is 18.5. The molecule has 1 fully saturated rings. The molecule has 3 rings (SSSR count). The number of aromatic nitrogens is 1. The summed E-state index contributed by atoms with van der Waals surface area (Å²) in [6, 6.07) is 7.34. The number of benzene rings is 1. The van der Waals surface area contributed by atoms with Gasteiger partial charge in [-0.05, 0) is 37.3 Å². The number of hydrogen-bond donors (Lipinski definition) is 2. The number of piperidine rings is 1. The van der Waals surface area contributed by atoms with Gasteiger partial charge in [0.2, 0.25) is 5.91 Å². The van der Waals surface area contributed by atoms with Crippen LogP contribution < -0.4 is 5.32 Å². The van der Waals surface area contributed by atoms with Crippen LogP contribution in [0.2, 0.25) is 0 Å². The molecule has 2 aromatic rings. The van der Waals surface area contributed by atoms with Gasteiger partial charge in [-0.25, -0.2) is 4.79 Å². The number of H-pyrrole nitrogens is 1. The first kappa shape index (κ1) is 18.3. The van der Waals surface area contributed by atoms with Crippen molar-refractivity contribution in [3.63, 3.8) is 0 Å². The van der Waals surface area contributed by atoms with Crippen molar-refractivity contribution < 1.29 is 14.3 Å². The highest BCUT2D eigenvalue weighted by Crippen LogP contribution is 2.21. The molecule has 0 radical (unpaired) electrons. The summed E-state index contributed by atoms with van der Waals surface area (Å²) in [4.78, 5) is 30.1. The summed E-state index contributed by atoms with van der Waals surface area (Å²) in [7, 11) is 0. The Bertz CT molecular complexity index is 763. The van der Waals surface area contributed by atoms with Crippen LogP contribution in [0.25, 0.3) is 10.9 Å². The highest BCUT2D eigenvalue weighted by molar-refractivity contribution is 5.88. The minimum absolute atomic E-state index is 0.0322. The SMILES string of the molecule is CCOC(=O)N[C@H](Cc1c[nH]c2ccccc12)C(=O)N1CCC(C)CC1. The van der Waals surface area contributed by atoms with Crippen LogP contribution in [-0.4, -0.2) is 47.6 Å². The molecule has 26 heavy (non-hydrogen) atoms. The lowest BCUT2D eigenvalue weighted by Gasteiger charge is -2.33. The smallest absolute Gasteiger partial charge is 0.407 e. The average Bonchev–Trinajstić information content (AvgIpc) is 3.04. The van der Waals surface area contributed by atoms with Gasteiger partial charge in [0.25, 0.3) is 0 Å². The Hall–Kier alpha value is -2.50. The van der Waals surface area contributed by atoms with Crippen molar-refractivity contribution in [1.82, 2.24) is 15.2 Å². The predicted octanol–water partition coefficient (Wildman–Crippen LogP) is 3.08. The lowest BCUT2D eigenvalue weighted by molar-refractivity contribution is -0.134. The molecule has 1 aromatic heterocycles. The van der Waals surface area contributed by atoms with E-state index < -0.39 is 12.1 Å². The fourth-order valence-corrected chi connectivity index (χ4v) is 3.48. The van der Waals surface area contributed by atoms with Crippen molar-refractivity contribution in [3.05, 3.63) is 36.0 Å². The molecular formula is C20H27N3O3. The van der Waals surface area contributed by atoms with E-state index in [2.05, 4.69) is 17.2 Å². The summed E-state index contributed by atoms with van der Waals surface area (Å²) in [5.74, 6) is 0.611. The van der Waals surface area contributed by atoms with Gasteiger partial charge in [0, 0.05) is 36.6 Å². The van der Waals surface area contributed by atoms with Crippen LogP contribution in [-0.2, 0) is 16.0 Å². The zero-order valence-corrected chi connectivity index (χ0v) is 15.5. The number of likely N-dealkylation sites (tertiary alicyclic amines) is 1.